The molecule has 3 heteroatoms. The van der Waals surface area contributed by atoms with E-state index in [2.05, 4.69) is 4.99 Å². The maximum atomic E-state index is 8.85. The molecule has 1 radical (unpaired) electrons. The lowest BCUT2D eigenvalue weighted by Crippen LogP contribution is -1.52. The Morgan fingerprint density at radius 1 is 1.40 bits per heavy atom. The molecule has 0 aliphatic heterocycles. The fraction of sp³-hybridized carbons (Fsp3) is 0. The first-order valence-electron chi connectivity index (χ1n) is 0.855. The molecule has 0 aromatic carbocycles. The highest BCUT2D eigenvalue weighted by Gasteiger charge is 1.52. The predicted octanol–water partition coefficient (Wildman–Crippen LogP) is -0.611. The monoisotopic (exact) mass is 70.0 g/mol. The largest absolute Gasteiger partial charge is 0.348 e. The van der Waals surface area contributed by atoms with Gasteiger partial charge in [-0.25, -0.2) is 4.79 Å². The summed E-state index contributed by atoms with van der Waals surface area (Å²) in [4.78, 5) is 20.1. The number of amides is 1. The Bertz CT molecular complexity index is 71.7. The van der Waals surface area contributed by atoms with Crippen molar-refractivity contribution in [2.45, 2.75) is 0 Å². The lowest BCUT2D eigenvalue weighted by molar-refractivity contribution is 0.551. The standard InChI is InChI=1S/C2NO2/c4-1-3-2-5. The molecule has 0 saturated carbocycles. The summed E-state index contributed by atoms with van der Waals surface area (Å²) in [5.74, 6) is 0. The van der Waals surface area contributed by atoms with Gasteiger partial charge < -0.3 is 0 Å². The van der Waals surface area contributed by atoms with Crippen LogP contribution in [0.25, 0.3) is 0 Å². The summed E-state index contributed by atoms with van der Waals surface area (Å²) in [6, 6.07) is 0. The number of aliphatic imine (C=N–C) groups is 1. The average molecular weight is 70.0 g/mol. The molecular weight excluding hydrogens is 70.0 g/mol. The van der Waals surface area contributed by atoms with Crippen molar-refractivity contribution in [2.75, 3.05) is 0 Å². The number of isocyanates is 1. The Hall–Kier alpha value is -0.950. The second-order valence-electron chi connectivity index (χ2n) is 0.294. The zero-order valence-corrected chi connectivity index (χ0v) is 2.26. The first-order chi connectivity index (χ1) is 2.41. The second-order valence-corrected chi connectivity index (χ2v) is 0.294. The van der Waals surface area contributed by atoms with Gasteiger partial charge in [0.1, 0.15) is 0 Å². The third kappa shape index (κ3) is 3.05. The molecule has 0 heterocycles. The van der Waals surface area contributed by atoms with Crippen molar-refractivity contribution in [3.05, 3.63) is 0 Å². The van der Waals surface area contributed by atoms with Crippen molar-refractivity contribution < 1.29 is 9.59 Å². The summed E-state index contributed by atoms with van der Waals surface area (Å²) in [6.45, 7) is 0. The summed E-state index contributed by atoms with van der Waals surface area (Å²) >= 11 is 0. The zero-order chi connectivity index (χ0) is 4.12. The third-order valence-electron chi connectivity index (χ3n) is 0.0913. The molecule has 3 nitrogen and oxygen atoms in total. The van der Waals surface area contributed by atoms with Gasteiger partial charge in [-0.05, 0) is 0 Å². The van der Waals surface area contributed by atoms with Crippen LogP contribution in [-0.2, 0) is 9.59 Å². The van der Waals surface area contributed by atoms with Crippen LogP contribution in [0.1, 0.15) is 0 Å². The Balaban J connectivity index is 3.31. The Labute approximate surface area is 28.3 Å². The fourth-order valence-corrected chi connectivity index (χ4v) is 0.0186. The van der Waals surface area contributed by atoms with Crippen LogP contribution in [0, 0.1) is 0 Å². The molecule has 0 atom stereocenters. The first kappa shape index (κ1) is 4.05. The minimum atomic E-state index is 0.969. The van der Waals surface area contributed by atoms with Crippen LogP contribution in [0.2, 0.25) is 0 Å². The predicted molar refractivity (Wildman–Crippen MR) is 13.8 cm³/mol. The van der Waals surface area contributed by atoms with Gasteiger partial charge in [0, 0.05) is 0 Å². The van der Waals surface area contributed by atoms with Crippen LogP contribution >= 0.6 is 0 Å². The molecule has 0 saturated heterocycles. The highest BCUT2D eigenvalue weighted by atomic mass is 16.1. The van der Waals surface area contributed by atoms with E-state index in [0.29, 0.717) is 0 Å². The van der Waals surface area contributed by atoms with Gasteiger partial charge >= 0.3 is 6.41 Å². The number of carbonyl (C=O) groups excluding carboxylic acids is 2. The molecule has 0 fully saturated rings. The molecule has 0 unspecified atom stereocenters. The fourth-order valence-electron chi connectivity index (χ4n) is 0.0186. The Morgan fingerprint density at radius 3 is 2.00 bits per heavy atom. The van der Waals surface area contributed by atoms with Gasteiger partial charge in [-0.3, -0.25) is 4.79 Å². The molecule has 0 rings (SSSR count). The summed E-state index contributed by atoms with van der Waals surface area (Å²) < 4.78 is 0. The summed E-state index contributed by atoms with van der Waals surface area (Å²) in [5, 5.41) is 0. The van der Waals surface area contributed by atoms with Gasteiger partial charge in [0.05, 0.1) is 0 Å². The van der Waals surface area contributed by atoms with E-state index in [1.54, 1.807) is 0 Å². The van der Waals surface area contributed by atoms with E-state index in [-0.39, 0.29) is 0 Å². The van der Waals surface area contributed by atoms with Crippen LogP contribution in [0.15, 0.2) is 4.99 Å². The molecule has 25 valence electrons. The topological polar surface area (TPSA) is 46.5 Å². The minimum Gasteiger partial charge on any atom is -0.260 e. The van der Waals surface area contributed by atoms with Gasteiger partial charge in [-0.15, -0.1) is 4.99 Å². The maximum Gasteiger partial charge on any atom is 0.348 e. The molecular formula is C2NO2. The van der Waals surface area contributed by atoms with Gasteiger partial charge in [-0.2, -0.15) is 0 Å². The van der Waals surface area contributed by atoms with E-state index in [4.69, 9.17) is 9.59 Å². The minimum absolute atomic E-state index is 0.969. The molecule has 0 bridgehead atoms. The quantitative estimate of drug-likeness (QED) is 0.305. The normalized spacial score (nSPS) is 4.80. The van der Waals surface area contributed by atoms with Gasteiger partial charge in [0.15, 0.2) is 0 Å². The molecule has 0 N–H and O–H groups in total. The van der Waals surface area contributed by atoms with Crippen LogP contribution in [0.5, 0.6) is 0 Å². The zero-order valence-electron chi connectivity index (χ0n) is 2.26. The van der Waals surface area contributed by atoms with Crippen LogP contribution in [0.3, 0.4) is 0 Å². The van der Waals surface area contributed by atoms with E-state index >= 15 is 0 Å². The van der Waals surface area contributed by atoms with Gasteiger partial charge in [-0.1, -0.05) is 0 Å². The maximum absolute atomic E-state index is 8.85. The molecule has 0 aromatic heterocycles. The Morgan fingerprint density at radius 2 is 2.00 bits per heavy atom. The average Bonchev–Trinajstić information content (AvgIpc) is 1.41. The highest BCUT2D eigenvalue weighted by Crippen LogP contribution is 1.35. The van der Waals surface area contributed by atoms with Gasteiger partial charge in [0.25, 0.3) is 0 Å². The van der Waals surface area contributed by atoms with Crippen molar-refractivity contribution in [3.63, 3.8) is 0 Å². The number of rotatable bonds is 1. The van der Waals surface area contributed by atoms with Gasteiger partial charge in [0.2, 0.25) is 6.08 Å². The van der Waals surface area contributed by atoms with Crippen molar-refractivity contribution in [2.24, 2.45) is 4.99 Å². The van der Waals surface area contributed by atoms with E-state index in [0.717, 1.165) is 12.5 Å². The molecule has 0 aliphatic carbocycles. The van der Waals surface area contributed by atoms with E-state index in [1.807, 2.05) is 0 Å². The lowest BCUT2D eigenvalue weighted by Gasteiger charge is -1.35. The number of hydrogen-bond donors (Lipinski definition) is 0. The van der Waals surface area contributed by atoms with Crippen LogP contribution in [-0.4, -0.2) is 12.5 Å². The molecule has 0 aliphatic rings. The van der Waals surface area contributed by atoms with Crippen LogP contribution < -0.4 is 0 Å². The lowest BCUT2D eigenvalue weighted by atomic mass is 11.3. The Kier molecular flexibility index (Phi) is 2.47. The molecule has 5 heavy (non-hydrogen) atoms. The molecule has 1 amide bonds. The van der Waals surface area contributed by atoms with Crippen molar-refractivity contribution in [1.29, 1.82) is 0 Å². The van der Waals surface area contributed by atoms with Crippen molar-refractivity contribution >= 4 is 12.5 Å². The number of nitrogens with zero attached hydrogens (tertiary/aromatic N) is 1. The number of hydrogen-bond acceptors (Lipinski definition) is 2. The summed E-state index contributed by atoms with van der Waals surface area (Å²) in [7, 11) is 0. The van der Waals surface area contributed by atoms with E-state index < -0.39 is 0 Å². The second kappa shape index (κ2) is 3.05. The summed E-state index contributed by atoms with van der Waals surface area (Å²) in [6.07, 6.45) is 1.94. The molecule has 0 aromatic rings. The smallest absolute Gasteiger partial charge is 0.260 e. The van der Waals surface area contributed by atoms with Crippen molar-refractivity contribution in [1.82, 2.24) is 0 Å². The molecule has 0 spiro atoms. The van der Waals surface area contributed by atoms with Crippen molar-refractivity contribution in [3.8, 4) is 0 Å². The van der Waals surface area contributed by atoms with E-state index in [1.165, 1.54) is 0 Å². The SMILES string of the molecule is O=[C]N=C=O. The highest BCUT2D eigenvalue weighted by molar-refractivity contribution is 5.59. The summed E-state index contributed by atoms with van der Waals surface area (Å²) in [5.41, 5.74) is 0. The third-order valence-corrected chi connectivity index (χ3v) is 0.0913. The van der Waals surface area contributed by atoms with Crippen LogP contribution in [0.4, 0.5) is 0 Å². The van der Waals surface area contributed by atoms with E-state index in [9.17, 15) is 0 Å². The first-order valence-corrected chi connectivity index (χ1v) is 0.855.